The standard InChI is InChI=1S/C16H16N2O3S/c1-22-12-6-4-11(5-7-12)14-8-13(16(20)21)15(19)18(17-14)9-10-2-3-10/h4-8,10H,2-3,9H2,1H3,(H,20,21). The van der Waals surface area contributed by atoms with Gasteiger partial charge in [-0.2, -0.15) is 5.10 Å². The Bertz CT molecular complexity index is 764. The fraction of sp³-hybridized carbons (Fsp3) is 0.312. The van der Waals surface area contributed by atoms with E-state index < -0.39 is 11.5 Å². The van der Waals surface area contributed by atoms with Crippen LogP contribution in [-0.4, -0.2) is 27.1 Å². The predicted molar refractivity (Wildman–Crippen MR) is 85.4 cm³/mol. The van der Waals surface area contributed by atoms with Crippen molar-refractivity contribution in [1.29, 1.82) is 0 Å². The molecule has 1 N–H and O–H groups in total. The maximum absolute atomic E-state index is 12.2. The summed E-state index contributed by atoms with van der Waals surface area (Å²) in [5, 5.41) is 13.6. The number of nitrogens with zero attached hydrogens (tertiary/aromatic N) is 2. The molecule has 5 nitrogen and oxygen atoms in total. The van der Waals surface area contributed by atoms with Crippen LogP contribution in [0, 0.1) is 5.92 Å². The Morgan fingerprint density at radius 3 is 2.59 bits per heavy atom. The van der Waals surface area contributed by atoms with Crippen molar-refractivity contribution in [1.82, 2.24) is 9.78 Å². The maximum Gasteiger partial charge on any atom is 0.341 e. The highest BCUT2D eigenvalue weighted by molar-refractivity contribution is 7.98. The van der Waals surface area contributed by atoms with Gasteiger partial charge in [-0.1, -0.05) is 12.1 Å². The molecule has 1 fully saturated rings. The molecule has 3 rings (SSSR count). The molecular weight excluding hydrogens is 300 g/mol. The van der Waals surface area contributed by atoms with Gasteiger partial charge in [0.2, 0.25) is 0 Å². The monoisotopic (exact) mass is 316 g/mol. The maximum atomic E-state index is 12.2. The number of hydrogen-bond acceptors (Lipinski definition) is 4. The van der Waals surface area contributed by atoms with Crippen LogP contribution in [0.3, 0.4) is 0 Å². The number of thioether (sulfide) groups is 1. The van der Waals surface area contributed by atoms with Crippen LogP contribution in [0.1, 0.15) is 23.2 Å². The Hall–Kier alpha value is -2.08. The van der Waals surface area contributed by atoms with Crippen LogP contribution in [0.2, 0.25) is 0 Å². The molecule has 0 spiro atoms. The van der Waals surface area contributed by atoms with E-state index in [1.165, 1.54) is 10.7 Å². The minimum Gasteiger partial charge on any atom is -0.477 e. The number of aromatic nitrogens is 2. The second-order valence-corrected chi connectivity index (χ2v) is 6.29. The number of carboxylic acids is 1. The summed E-state index contributed by atoms with van der Waals surface area (Å²) in [7, 11) is 0. The van der Waals surface area contributed by atoms with Gasteiger partial charge >= 0.3 is 5.97 Å². The molecule has 1 saturated carbocycles. The number of carboxylic acid groups (broad SMARTS) is 1. The van der Waals surface area contributed by atoms with Crippen molar-refractivity contribution in [2.45, 2.75) is 24.3 Å². The summed E-state index contributed by atoms with van der Waals surface area (Å²) >= 11 is 1.63. The quantitative estimate of drug-likeness (QED) is 0.859. The third kappa shape index (κ3) is 3.06. The Morgan fingerprint density at radius 2 is 2.05 bits per heavy atom. The molecule has 0 amide bonds. The summed E-state index contributed by atoms with van der Waals surface area (Å²) in [6, 6.07) is 9.07. The first kappa shape index (κ1) is 14.8. The lowest BCUT2D eigenvalue weighted by Gasteiger charge is -2.09. The Morgan fingerprint density at radius 1 is 1.36 bits per heavy atom. The lowest BCUT2D eigenvalue weighted by atomic mass is 10.1. The van der Waals surface area contributed by atoms with Gasteiger partial charge in [0.15, 0.2) is 0 Å². The molecule has 1 aliphatic rings. The van der Waals surface area contributed by atoms with Crippen LogP contribution in [0.15, 0.2) is 40.0 Å². The van der Waals surface area contributed by atoms with Crippen molar-refractivity contribution in [3.8, 4) is 11.3 Å². The van der Waals surface area contributed by atoms with Gasteiger partial charge < -0.3 is 5.11 Å². The molecule has 1 aromatic heterocycles. The van der Waals surface area contributed by atoms with E-state index in [4.69, 9.17) is 0 Å². The zero-order chi connectivity index (χ0) is 15.7. The van der Waals surface area contributed by atoms with E-state index >= 15 is 0 Å². The molecule has 0 radical (unpaired) electrons. The van der Waals surface area contributed by atoms with Crippen LogP contribution in [-0.2, 0) is 6.54 Å². The number of rotatable bonds is 5. The van der Waals surface area contributed by atoms with E-state index in [1.807, 2.05) is 30.5 Å². The second kappa shape index (κ2) is 5.96. The molecule has 6 heteroatoms. The van der Waals surface area contributed by atoms with Crippen molar-refractivity contribution in [3.05, 3.63) is 46.2 Å². The highest BCUT2D eigenvalue weighted by atomic mass is 32.2. The first-order chi connectivity index (χ1) is 10.6. The average molecular weight is 316 g/mol. The Kier molecular flexibility index (Phi) is 4.02. The minimum absolute atomic E-state index is 0.223. The van der Waals surface area contributed by atoms with Gasteiger partial charge in [-0.3, -0.25) is 4.79 Å². The Balaban J connectivity index is 2.07. The van der Waals surface area contributed by atoms with Gasteiger partial charge in [-0.05, 0) is 43.2 Å². The van der Waals surface area contributed by atoms with Crippen molar-refractivity contribution in [2.75, 3.05) is 6.26 Å². The van der Waals surface area contributed by atoms with Gasteiger partial charge in [0.05, 0.1) is 5.69 Å². The number of benzene rings is 1. The van der Waals surface area contributed by atoms with E-state index in [9.17, 15) is 14.7 Å². The van der Waals surface area contributed by atoms with Crippen LogP contribution < -0.4 is 5.56 Å². The second-order valence-electron chi connectivity index (χ2n) is 5.41. The van der Waals surface area contributed by atoms with Crippen LogP contribution in [0.5, 0.6) is 0 Å². The van der Waals surface area contributed by atoms with Crippen molar-refractivity contribution in [2.24, 2.45) is 5.92 Å². The zero-order valence-electron chi connectivity index (χ0n) is 12.2. The minimum atomic E-state index is -1.21. The van der Waals surface area contributed by atoms with Crippen molar-refractivity contribution >= 4 is 17.7 Å². The molecule has 0 unspecified atom stereocenters. The van der Waals surface area contributed by atoms with E-state index in [0.717, 1.165) is 23.3 Å². The largest absolute Gasteiger partial charge is 0.477 e. The molecule has 0 saturated heterocycles. The lowest BCUT2D eigenvalue weighted by molar-refractivity contribution is 0.0693. The molecule has 114 valence electrons. The molecule has 1 heterocycles. The van der Waals surface area contributed by atoms with Crippen molar-refractivity contribution < 1.29 is 9.90 Å². The van der Waals surface area contributed by atoms with E-state index in [2.05, 4.69) is 5.10 Å². The predicted octanol–water partition coefficient (Wildman–Crippen LogP) is 2.74. The van der Waals surface area contributed by atoms with Gasteiger partial charge in [0.25, 0.3) is 5.56 Å². The summed E-state index contributed by atoms with van der Waals surface area (Å²) < 4.78 is 1.30. The Labute approximate surface area is 132 Å². The topological polar surface area (TPSA) is 72.2 Å². The van der Waals surface area contributed by atoms with Crippen LogP contribution in [0.25, 0.3) is 11.3 Å². The molecule has 0 aliphatic heterocycles. The van der Waals surface area contributed by atoms with E-state index in [0.29, 0.717) is 18.2 Å². The summed E-state index contributed by atoms with van der Waals surface area (Å²) in [6.07, 6.45) is 4.14. The molecule has 1 aromatic carbocycles. The molecule has 0 bridgehead atoms. The van der Waals surface area contributed by atoms with Gasteiger partial charge in [-0.15, -0.1) is 11.8 Å². The van der Waals surface area contributed by atoms with E-state index in [-0.39, 0.29) is 5.56 Å². The molecule has 2 aromatic rings. The molecule has 0 atom stereocenters. The number of hydrogen-bond donors (Lipinski definition) is 1. The van der Waals surface area contributed by atoms with Crippen LogP contribution in [0.4, 0.5) is 0 Å². The van der Waals surface area contributed by atoms with Gasteiger partial charge in [-0.25, -0.2) is 9.48 Å². The summed E-state index contributed by atoms with van der Waals surface area (Å²) in [5.74, 6) is -0.764. The normalized spacial score (nSPS) is 14.0. The molecular formula is C16H16N2O3S. The third-order valence-corrected chi connectivity index (χ3v) is 4.46. The highest BCUT2D eigenvalue weighted by Gasteiger charge is 2.24. The lowest BCUT2D eigenvalue weighted by Crippen LogP contribution is -2.29. The molecule has 1 aliphatic carbocycles. The van der Waals surface area contributed by atoms with E-state index in [1.54, 1.807) is 11.8 Å². The third-order valence-electron chi connectivity index (χ3n) is 3.72. The summed E-state index contributed by atoms with van der Waals surface area (Å²) in [6.45, 7) is 0.496. The fourth-order valence-corrected chi connectivity index (χ4v) is 2.67. The van der Waals surface area contributed by atoms with Gasteiger partial charge in [0.1, 0.15) is 5.56 Å². The molecule has 22 heavy (non-hydrogen) atoms. The number of carbonyl (C=O) groups is 1. The summed E-state index contributed by atoms with van der Waals surface area (Å²) in [5.41, 5.74) is 0.582. The SMILES string of the molecule is CSc1ccc(-c2cc(C(=O)O)c(=O)n(CC3CC3)n2)cc1. The average Bonchev–Trinajstić information content (AvgIpc) is 3.33. The fourth-order valence-electron chi connectivity index (χ4n) is 2.27. The van der Waals surface area contributed by atoms with Crippen LogP contribution >= 0.6 is 11.8 Å². The smallest absolute Gasteiger partial charge is 0.341 e. The summed E-state index contributed by atoms with van der Waals surface area (Å²) in [4.78, 5) is 24.6. The first-order valence-electron chi connectivity index (χ1n) is 7.08. The highest BCUT2D eigenvalue weighted by Crippen LogP contribution is 2.30. The van der Waals surface area contributed by atoms with Crippen molar-refractivity contribution in [3.63, 3.8) is 0 Å². The van der Waals surface area contributed by atoms with Gasteiger partial charge in [0, 0.05) is 17.0 Å². The first-order valence-corrected chi connectivity index (χ1v) is 8.31. The number of aromatic carboxylic acids is 1. The zero-order valence-corrected chi connectivity index (χ0v) is 13.0.